The monoisotopic (exact) mass is 460 g/mol. The van der Waals surface area contributed by atoms with Crippen molar-refractivity contribution in [3.05, 3.63) is 59.7 Å². The maximum Gasteiger partial charge on any atom is 0.227 e. The van der Waals surface area contributed by atoms with E-state index in [1.165, 1.54) is 5.56 Å². The van der Waals surface area contributed by atoms with Gasteiger partial charge >= 0.3 is 0 Å². The van der Waals surface area contributed by atoms with Gasteiger partial charge < -0.3 is 15.3 Å². The number of para-hydroxylation sites is 1. The Balaban J connectivity index is 1.28. The summed E-state index contributed by atoms with van der Waals surface area (Å²) in [6.07, 6.45) is 4.61. The standard InChI is InChI=1S/C29H36N2O3/c1-28(2)25-18-22-23(10-7-11-24(22)32)29(28,3)16-17-31(25)27(34)20-14-12-19(13-15-20)26(33)30-21-8-5-4-6-9-21/h4-11,19-20,25,32H,12-18H2,1-3H3,(H,30,33)/t19?,20?,25-,29+/m1/s1. The summed E-state index contributed by atoms with van der Waals surface area (Å²) in [5.41, 5.74) is 2.91. The molecule has 5 rings (SSSR count). The van der Waals surface area contributed by atoms with Crippen LogP contribution in [0.15, 0.2) is 48.5 Å². The average molecular weight is 461 g/mol. The normalized spacial score (nSPS) is 29.7. The largest absolute Gasteiger partial charge is 0.508 e. The molecule has 5 heteroatoms. The summed E-state index contributed by atoms with van der Waals surface area (Å²) < 4.78 is 0. The van der Waals surface area contributed by atoms with E-state index in [2.05, 4.69) is 37.1 Å². The number of fused-ring (bicyclic) bond motifs is 4. The van der Waals surface area contributed by atoms with Gasteiger partial charge in [-0.3, -0.25) is 9.59 Å². The minimum atomic E-state index is -0.0888. The molecule has 2 amide bonds. The lowest BCUT2D eigenvalue weighted by atomic mass is 9.51. The van der Waals surface area contributed by atoms with Crippen molar-refractivity contribution in [1.29, 1.82) is 0 Å². The summed E-state index contributed by atoms with van der Waals surface area (Å²) in [4.78, 5) is 28.6. The van der Waals surface area contributed by atoms with Crippen LogP contribution >= 0.6 is 0 Å². The lowest BCUT2D eigenvalue weighted by Gasteiger charge is -2.61. The van der Waals surface area contributed by atoms with E-state index in [4.69, 9.17) is 0 Å². The molecule has 0 radical (unpaired) electrons. The Morgan fingerprint density at radius 3 is 2.32 bits per heavy atom. The van der Waals surface area contributed by atoms with E-state index in [-0.39, 0.29) is 40.5 Å². The van der Waals surface area contributed by atoms with Crippen molar-refractivity contribution in [2.75, 3.05) is 11.9 Å². The highest BCUT2D eigenvalue weighted by molar-refractivity contribution is 5.92. The summed E-state index contributed by atoms with van der Waals surface area (Å²) in [7, 11) is 0. The SMILES string of the molecule is CC1(C)[C@H]2Cc3c(O)cccc3[C@]1(C)CCN2C(=O)C1CCC(C(=O)Nc2ccccc2)CC1. The minimum Gasteiger partial charge on any atom is -0.508 e. The molecule has 2 fully saturated rings. The van der Waals surface area contributed by atoms with Gasteiger partial charge in [-0.15, -0.1) is 0 Å². The number of phenolic OH excluding ortho intramolecular Hbond substituents is 1. The Labute approximate surface area is 202 Å². The average Bonchev–Trinajstić information content (AvgIpc) is 2.82. The molecule has 2 aromatic carbocycles. The zero-order valence-electron chi connectivity index (χ0n) is 20.5. The molecule has 0 spiro atoms. The number of benzene rings is 2. The van der Waals surface area contributed by atoms with Gasteiger partial charge in [0.1, 0.15) is 5.75 Å². The van der Waals surface area contributed by atoms with E-state index in [9.17, 15) is 14.7 Å². The predicted octanol–water partition coefficient (Wildman–Crippen LogP) is 5.28. The summed E-state index contributed by atoms with van der Waals surface area (Å²) in [5, 5.41) is 13.6. The number of carbonyl (C=O) groups is 2. The van der Waals surface area contributed by atoms with Gasteiger partial charge in [-0.25, -0.2) is 0 Å². The molecule has 180 valence electrons. The zero-order chi connectivity index (χ0) is 24.1. The highest BCUT2D eigenvalue weighted by Gasteiger charge is 2.57. The van der Waals surface area contributed by atoms with Crippen LogP contribution in [-0.2, 0) is 21.4 Å². The zero-order valence-corrected chi connectivity index (χ0v) is 20.5. The summed E-state index contributed by atoms with van der Waals surface area (Å²) in [6.45, 7) is 7.63. The first-order valence-electron chi connectivity index (χ1n) is 12.7. The second kappa shape index (κ2) is 8.44. The summed E-state index contributed by atoms with van der Waals surface area (Å²) >= 11 is 0. The number of amides is 2. The van der Waals surface area contributed by atoms with Crippen LogP contribution in [0.5, 0.6) is 5.75 Å². The first kappa shape index (κ1) is 22.9. The lowest BCUT2D eigenvalue weighted by molar-refractivity contribution is -0.150. The van der Waals surface area contributed by atoms with Crippen molar-refractivity contribution in [3.8, 4) is 5.75 Å². The molecule has 34 heavy (non-hydrogen) atoms. The van der Waals surface area contributed by atoms with Crippen LogP contribution in [0.4, 0.5) is 5.69 Å². The third-order valence-corrected chi connectivity index (χ3v) is 9.40. The Hall–Kier alpha value is -2.82. The van der Waals surface area contributed by atoms with Gasteiger partial charge in [0, 0.05) is 35.5 Å². The third-order valence-electron chi connectivity index (χ3n) is 9.40. The molecular formula is C29H36N2O3. The van der Waals surface area contributed by atoms with Gasteiger partial charge in [0.2, 0.25) is 11.8 Å². The molecule has 1 heterocycles. The number of likely N-dealkylation sites (tertiary alicyclic amines) is 1. The number of rotatable bonds is 3. The minimum absolute atomic E-state index is 0.0216. The van der Waals surface area contributed by atoms with E-state index in [0.717, 1.165) is 49.9 Å². The molecule has 5 nitrogen and oxygen atoms in total. The summed E-state index contributed by atoms with van der Waals surface area (Å²) in [5.74, 6) is 0.589. The van der Waals surface area contributed by atoms with Gasteiger partial charge in [-0.2, -0.15) is 0 Å². The summed E-state index contributed by atoms with van der Waals surface area (Å²) in [6, 6.07) is 15.5. The fourth-order valence-corrected chi connectivity index (χ4v) is 6.79. The van der Waals surface area contributed by atoms with Crippen LogP contribution in [0, 0.1) is 17.3 Å². The van der Waals surface area contributed by atoms with Crippen LogP contribution in [-0.4, -0.2) is 34.4 Å². The first-order chi connectivity index (χ1) is 16.2. The number of nitrogens with one attached hydrogen (secondary N) is 1. The Kier molecular flexibility index (Phi) is 5.70. The van der Waals surface area contributed by atoms with Crippen molar-refractivity contribution in [2.45, 2.75) is 70.8 Å². The number of aromatic hydroxyl groups is 1. The number of phenols is 1. The molecule has 2 aliphatic carbocycles. The Morgan fingerprint density at radius 1 is 0.941 bits per heavy atom. The van der Waals surface area contributed by atoms with Gasteiger partial charge in [0.05, 0.1) is 0 Å². The van der Waals surface area contributed by atoms with Crippen molar-refractivity contribution in [1.82, 2.24) is 4.90 Å². The Bertz CT molecular complexity index is 1090. The van der Waals surface area contributed by atoms with Gasteiger partial charge in [-0.1, -0.05) is 51.1 Å². The predicted molar refractivity (Wildman–Crippen MR) is 134 cm³/mol. The second-order valence-corrected chi connectivity index (χ2v) is 11.3. The maximum absolute atomic E-state index is 13.8. The van der Waals surface area contributed by atoms with Crippen LogP contribution in [0.25, 0.3) is 0 Å². The van der Waals surface area contributed by atoms with Crippen molar-refractivity contribution in [3.63, 3.8) is 0 Å². The Morgan fingerprint density at radius 2 is 1.62 bits per heavy atom. The van der Waals surface area contributed by atoms with Crippen LogP contribution in [0.1, 0.15) is 64.0 Å². The van der Waals surface area contributed by atoms with E-state index >= 15 is 0 Å². The molecule has 2 atom stereocenters. The second-order valence-electron chi connectivity index (χ2n) is 11.3. The molecular weight excluding hydrogens is 424 g/mol. The molecule has 1 aliphatic heterocycles. The fraction of sp³-hybridized carbons (Fsp3) is 0.517. The molecule has 1 saturated carbocycles. The quantitative estimate of drug-likeness (QED) is 0.655. The maximum atomic E-state index is 13.8. The third kappa shape index (κ3) is 3.60. The molecule has 0 unspecified atom stereocenters. The van der Waals surface area contributed by atoms with E-state index in [0.29, 0.717) is 12.2 Å². The molecule has 2 aromatic rings. The van der Waals surface area contributed by atoms with Crippen LogP contribution in [0.3, 0.4) is 0 Å². The van der Waals surface area contributed by atoms with Crippen molar-refractivity contribution in [2.24, 2.45) is 17.3 Å². The number of anilines is 1. The molecule has 2 bridgehead atoms. The van der Waals surface area contributed by atoms with Crippen LogP contribution in [0.2, 0.25) is 0 Å². The molecule has 3 aliphatic rings. The topological polar surface area (TPSA) is 69.6 Å². The van der Waals surface area contributed by atoms with Gasteiger partial charge in [0.25, 0.3) is 0 Å². The number of nitrogens with zero attached hydrogens (tertiary/aromatic N) is 1. The van der Waals surface area contributed by atoms with E-state index in [1.54, 1.807) is 6.07 Å². The van der Waals surface area contributed by atoms with Crippen LogP contribution < -0.4 is 5.32 Å². The fourth-order valence-electron chi connectivity index (χ4n) is 6.79. The number of hydrogen-bond donors (Lipinski definition) is 2. The van der Waals surface area contributed by atoms with Crippen molar-refractivity contribution < 1.29 is 14.7 Å². The first-order valence-corrected chi connectivity index (χ1v) is 12.7. The van der Waals surface area contributed by atoms with E-state index < -0.39 is 0 Å². The highest BCUT2D eigenvalue weighted by Crippen LogP contribution is 2.57. The van der Waals surface area contributed by atoms with Gasteiger partial charge in [-0.05, 0) is 73.3 Å². The number of piperidine rings is 1. The smallest absolute Gasteiger partial charge is 0.227 e. The highest BCUT2D eigenvalue weighted by atomic mass is 16.3. The lowest BCUT2D eigenvalue weighted by Crippen LogP contribution is -2.65. The van der Waals surface area contributed by atoms with Crippen molar-refractivity contribution >= 4 is 17.5 Å². The number of hydrogen-bond acceptors (Lipinski definition) is 3. The number of carbonyl (C=O) groups excluding carboxylic acids is 2. The molecule has 2 N–H and O–H groups in total. The molecule has 0 aromatic heterocycles. The van der Waals surface area contributed by atoms with Gasteiger partial charge in [0.15, 0.2) is 0 Å². The van der Waals surface area contributed by atoms with E-state index in [1.807, 2.05) is 36.4 Å². The molecule has 1 saturated heterocycles.